The zero-order valence-corrected chi connectivity index (χ0v) is 10.4. The summed E-state index contributed by atoms with van der Waals surface area (Å²) in [5.74, 6) is 0. The Bertz CT molecular complexity index is 350. The molecule has 0 saturated heterocycles. The molecular formula is C13H20N2O2. The summed E-state index contributed by atoms with van der Waals surface area (Å²) in [4.78, 5) is 11.3. The molecule has 3 N–H and O–H groups in total. The summed E-state index contributed by atoms with van der Waals surface area (Å²) < 4.78 is 0. The minimum Gasteiger partial charge on any atom is -0.395 e. The van der Waals surface area contributed by atoms with E-state index in [0.29, 0.717) is 6.54 Å². The highest BCUT2D eigenvalue weighted by atomic mass is 16.3. The molecule has 94 valence electrons. The monoisotopic (exact) mass is 236 g/mol. The SMILES string of the molecule is CC(C)(CNC(=O)NCCO)c1ccccc1. The lowest BCUT2D eigenvalue weighted by molar-refractivity contribution is 0.232. The number of carbonyl (C=O) groups is 1. The van der Waals surface area contributed by atoms with Gasteiger partial charge in [-0.05, 0) is 5.56 Å². The zero-order chi connectivity index (χ0) is 12.7. The lowest BCUT2D eigenvalue weighted by atomic mass is 9.85. The van der Waals surface area contributed by atoms with Crippen LogP contribution in [0.5, 0.6) is 0 Å². The molecule has 0 fully saturated rings. The van der Waals surface area contributed by atoms with Crippen molar-refractivity contribution in [1.29, 1.82) is 0 Å². The van der Waals surface area contributed by atoms with E-state index in [-0.39, 0.29) is 24.6 Å². The van der Waals surface area contributed by atoms with Crippen molar-refractivity contribution in [2.45, 2.75) is 19.3 Å². The van der Waals surface area contributed by atoms with Gasteiger partial charge in [-0.2, -0.15) is 0 Å². The molecule has 0 aromatic heterocycles. The van der Waals surface area contributed by atoms with Gasteiger partial charge in [0.2, 0.25) is 0 Å². The van der Waals surface area contributed by atoms with Gasteiger partial charge in [0, 0.05) is 18.5 Å². The maximum absolute atomic E-state index is 11.3. The number of rotatable bonds is 5. The third-order valence-electron chi connectivity index (χ3n) is 2.64. The van der Waals surface area contributed by atoms with E-state index in [4.69, 9.17) is 5.11 Å². The molecule has 0 aliphatic heterocycles. The molecule has 0 spiro atoms. The van der Waals surface area contributed by atoms with Gasteiger partial charge in [0.05, 0.1) is 6.61 Å². The van der Waals surface area contributed by atoms with E-state index in [9.17, 15) is 4.79 Å². The number of aliphatic hydroxyl groups excluding tert-OH is 1. The number of nitrogens with one attached hydrogen (secondary N) is 2. The first kappa shape index (κ1) is 13.5. The molecule has 1 aromatic carbocycles. The Morgan fingerprint density at radius 3 is 2.47 bits per heavy atom. The van der Waals surface area contributed by atoms with Crippen LogP contribution in [0.25, 0.3) is 0 Å². The van der Waals surface area contributed by atoms with Gasteiger partial charge in [-0.1, -0.05) is 44.2 Å². The maximum atomic E-state index is 11.3. The van der Waals surface area contributed by atoms with E-state index in [1.54, 1.807) is 0 Å². The maximum Gasteiger partial charge on any atom is 0.314 e. The highest BCUT2D eigenvalue weighted by Gasteiger charge is 2.20. The summed E-state index contributed by atoms with van der Waals surface area (Å²) >= 11 is 0. The third kappa shape index (κ3) is 4.44. The van der Waals surface area contributed by atoms with Crippen LogP contribution < -0.4 is 10.6 Å². The Hall–Kier alpha value is -1.55. The molecule has 17 heavy (non-hydrogen) atoms. The summed E-state index contributed by atoms with van der Waals surface area (Å²) in [6, 6.07) is 9.80. The summed E-state index contributed by atoms with van der Waals surface area (Å²) in [5.41, 5.74) is 1.07. The fourth-order valence-corrected chi connectivity index (χ4v) is 1.52. The fourth-order valence-electron chi connectivity index (χ4n) is 1.52. The van der Waals surface area contributed by atoms with Crippen LogP contribution in [0.3, 0.4) is 0 Å². The smallest absolute Gasteiger partial charge is 0.314 e. The molecule has 1 aromatic rings. The lowest BCUT2D eigenvalue weighted by Gasteiger charge is -2.25. The Balaban J connectivity index is 2.48. The number of hydrogen-bond acceptors (Lipinski definition) is 2. The number of benzene rings is 1. The molecule has 0 saturated carbocycles. The van der Waals surface area contributed by atoms with Crippen molar-refractivity contribution in [3.05, 3.63) is 35.9 Å². The second kappa shape index (κ2) is 6.25. The van der Waals surface area contributed by atoms with Crippen molar-refractivity contribution in [1.82, 2.24) is 10.6 Å². The summed E-state index contributed by atoms with van der Waals surface area (Å²) in [6.07, 6.45) is 0. The molecule has 0 radical (unpaired) electrons. The molecule has 0 heterocycles. The van der Waals surface area contributed by atoms with Crippen molar-refractivity contribution >= 4 is 6.03 Å². The Morgan fingerprint density at radius 2 is 1.88 bits per heavy atom. The van der Waals surface area contributed by atoms with Crippen molar-refractivity contribution in [2.24, 2.45) is 0 Å². The second-order valence-corrected chi connectivity index (χ2v) is 4.58. The van der Waals surface area contributed by atoms with Crippen LogP contribution in [0.1, 0.15) is 19.4 Å². The molecule has 0 aliphatic carbocycles. The first-order valence-corrected chi connectivity index (χ1v) is 5.74. The van der Waals surface area contributed by atoms with Crippen LogP contribution >= 0.6 is 0 Å². The van der Waals surface area contributed by atoms with E-state index in [2.05, 4.69) is 24.5 Å². The van der Waals surface area contributed by atoms with Gasteiger partial charge in [-0.15, -0.1) is 0 Å². The first-order valence-electron chi connectivity index (χ1n) is 5.74. The van der Waals surface area contributed by atoms with E-state index >= 15 is 0 Å². The Kier molecular flexibility index (Phi) is 4.97. The topological polar surface area (TPSA) is 61.4 Å². The van der Waals surface area contributed by atoms with Gasteiger partial charge in [0.25, 0.3) is 0 Å². The van der Waals surface area contributed by atoms with Gasteiger partial charge in [-0.3, -0.25) is 0 Å². The average molecular weight is 236 g/mol. The van der Waals surface area contributed by atoms with Crippen molar-refractivity contribution in [3.8, 4) is 0 Å². The van der Waals surface area contributed by atoms with Crippen LogP contribution in [0, 0.1) is 0 Å². The van der Waals surface area contributed by atoms with Gasteiger partial charge in [0.1, 0.15) is 0 Å². The molecule has 1 rings (SSSR count). The molecule has 0 bridgehead atoms. The molecule has 0 unspecified atom stereocenters. The standard InChI is InChI=1S/C13H20N2O2/c1-13(2,11-6-4-3-5-7-11)10-15-12(17)14-8-9-16/h3-7,16H,8-10H2,1-2H3,(H2,14,15,17). The minimum absolute atomic E-state index is 0.0461. The molecule has 0 atom stereocenters. The Morgan fingerprint density at radius 1 is 1.24 bits per heavy atom. The van der Waals surface area contributed by atoms with Gasteiger partial charge in [-0.25, -0.2) is 4.79 Å². The molecule has 4 nitrogen and oxygen atoms in total. The van der Waals surface area contributed by atoms with E-state index in [0.717, 1.165) is 0 Å². The zero-order valence-electron chi connectivity index (χ0n) is 10.4. The quantitative estimate of drug-likeness (QED) is 0.720. The minimum atomic E-state index is -0.247. The van der Waals surface area contributed by atoms with E-state index < -0.39 is 0 Å². The van der Waals surface area contributed by atoms with Crippen LogP contribution in [0.2, 0.25) is 0 Å². The Labute approximate surface area is 102 Å². The number of carbonyl (C=O) groups excluding carboxylic acids is 1. The summed E-state index contributed by atoms with van der Waals surface area (Å²) in [6.45, 7) is 4.94. The largest absolute Gasteiger partial charge is 0.395 e. The normalized spacial score (nSPS) is 11.0. The van der Waals surface area contributed by atoms with Gasteiger partial charge in [0.15, 0.2) is 0 Å². The highest BCUT2D eigenvalue weighted by molar-refractivity contribution is 5.73. The molecule has 2 amide bonds. The number of urea groups is 1. The number of amides is 2. The summed E-state index contributed by atoms with van der Waals surface area (Å²) in [7, 11) is 0. The van der Waals surface area contributed by atoms with Crippen LogP contribution in [0.15, 0.2) is 30.3 Å². The predicted molar refractivity (Wildman–Crippen MR) is 68.0 cm³/mol. The first-order chi connectivity index (χ1) is 8.06. The van der Waals surface area contributed by atoms with Crippen LogP contribution in [-0.4, -0.2) is 30.8 Å². The fraction of sp³-hybridized carbons (Fsp3) is 0.462. The van der Waals surface area contributed by atoms with E-state index in [1.807, 2.05) is 30.3 Å². The van der Waals surface area contributed by atoms with Gasteiger partial charge < -0.3 is 15.7 Å². The highest BCUT2D eigenvalue weighted by Crippen LogP contribution is 2.21. The van der Waals surface area contributed by atoms with Crippen LogP contribution in [0.4, 0.5) is 4.79 Å². The predicted octanol–water partition coefficient (Wildman–Crippen LogP) is 1.26. The number of aliphatic hydroxyl groups is 1. The molecule has 4 heteroatoms. The van der Waals surface area contributed by atoms with Crippen LogP contribution in [-0.2, 0) is 5.41 Å². The summed E-state index contributed by atoms with van der Waals surface area (Å²) in [5, 5.41) is 13.9. The lowest BCUT2D eigenvalue weighted by Crippen LogP contribution is -2.43. The molecular weight excluding hydrogens is 216 g/mol. The van der Waals surface area contributed by atoms with E-state index in [1.165, 1.54) is 5.56 Å². The average Bonchev–Trinajstić information content (AvgIpc) is 2.35. The van der Waals surface area contributed by atoms with Crippen molar-refractivity contribution in [3.63, 3.8) is 0 Å². The second-order valence-electron chi connectivity index (χ2n) is 4.58. The third-order valence-corrected chi connectivity index (χ3v) is 2.64. The van der Waals surface area contributed by atoms with Gasteiger partial charge >= 0.3 is 6.03 Å². The van der Waals surface area contributed by atoms with Crippen molar-refractivity contribution < 1.29 is 9.90 Å². The van der Waals surface area contributed by atoms with Crippen molar-refractivity contribution in [2.75, 3.05) is 19.7 Å². The molecule has 0 aliphatic rings. The number of hydrogen-bond donors (Lipinski definition) is 3.